The molecule has 156 valence electrons. The topological polar surface area (TPSA) is 92.7 Å². The number of carbonyl (C=O) groups is 3. The highest BCUT2D eigenvalue weighted by molar-refractivity contribution is 7.15. The van der Waals surface area contributed by atoms with Gasteiger partial charge in [0.1, 0.15) is 10.6 Å². The van der Waals surface area contributed by atoms with Crippen molar-refractivity contribution in [3.63, 3.8) is 0 Å². The number of thiophene rings is 1. The molecular formula is C23H23NO5S. The number of hydrogen-bond donors (Lipinski definition) is 2. The van der Waals surface area contributed by atoms with Gasteiger partial charge in [-0.25, -0.2) is 4.79 Å². The lowest BCUT2D eigenvalue weighted by Gasteiger charge is -2.23. The number of carboxylic acid groups (broad SMARTS) is 1. The number of allylic oxidation sites excluding steroid dienone is 2. The molecule has 1 saturated carbocycles. The van der Waals surface area contributed by atoms with Gasteiger partial charge in [-0.2, -0.15) is 0 Å². The fourth-order valence-corrected chi connectivity index (χ4v) is 5.43. The second-order valence-corrected chi connectivity index (χ2v) is 8.88. The maximum Gasteiger partial charge on any atom is 0.342 e. The molecule has 6 nitrogen and oxygen atoms in total. The molecular weight excluding hydrogens is 402 g/mol. The van der Waals surface area contributed by atoms with Crippen LogP contribution in [0.5, 0.6) is 0 Å². The summed E-state index contributed by atoms with van der Waals surface area (Å²) in [7, 11) is 0. The number of carbonyl (C=O) groups excluding carboxylic acids is 2. The molecule has 4 rings (SSSR count). The number of fused-ring (bicyclic) bond motifs is 2. The summed E-state index contributed by atoms with van der Waals surface area (Å²) in [6.07, 6.45) is 4.21. The van der Waals surface area contributed by atoms with E-state index in [1.54, 1.807) is 13.8 Å². The highest BCUT2D eigenvalue weighted by atomic mass is 32.1. The van der Waals surface area contributed by atoms with E-state index in [4.69, 9.17) is 4.74 Å². The summed E-state index contributed by atoms with van der Waals surface area (Å²) in [4.78, 5) is 37.7. The van der Waals surface area contributed by atoms with Crippen LogP contribution in [-0.2, 0) is 14.3 Å². The van der Waals surface area contributed by atoms with Crippen LogP contribution in [-0.4, -0.2) is 29.1 Å². The van der Waals surface area contributed by atoms with Crippen molar-refractivity contribution in [1.29, 1.82) is 0 Å². The molecule has 1 heterocycles. The standard InChI is InChI=1S/C23H23NO5S/c1-12(2)29-23(28)19-16(13-6-4-3-5-7-13)11-30-21(19)24-20(25)17-14-8-9-15(10-14)18(17)22(26)27/h3-9,11-12,14-15,17-18H,10H2,1-2H3,(H,24,25)(H,26,27)/t14-,15-,17-,18-/m0/s1. The number of benzene rings is 1. The Kier molecular flexibility index (Phi) is 5.47. The fraction of sp³-hybridized carbons (Fsp3) is 0.348. The van der Waals surface area contributed by atoms with E-state index in [9.17, 15) is 19.5 Å². The molecule has 7 heteroatoms. The molecule has 1 aromatic carbocycles. The highest BCUT2D eigenvalue weighted by Gasteiger charge is 2.51. The number of amides is 1. The van der Waals surface area contributed by atoms with E-state index in [-0.39, 0.29) is 23.8 Å². The zero-order chi connectivity index (χ0) is 21.4. The van der Waals surface area contributed by atoms with Crippen LogP contribution < -0.4 is 5.32 Å². The first-order valence-electron chi connectivity index (χ1n) is 9.96. The average Bonchev–Trinajstić information content (AvgIpc) is 3.42. The second kappa shape index (κ2) is 8.07. The SMILES string of the molecule is CC(C)OC(=O)c1c(-c2ccccc2)csc1NC(=O)[C@@H]1[C@@H](C(=O)O)[C@H]2C=C[C@H]1C2. The minimum atomic E-state index is -0.956. The van der Waals surface area contributed by atoms with Crippen LogP contribution in [0.4, 0.5) is 5.00 Å². The van der Waals surface area contributed by atoms with E-state index in [0.29, 0.717) is 22.5 Å². The van der Waals surface area contributed by atoms with Crippen LogP contribution in [0.3, 0.4) is 0 Å². The van der Waals surface area contributed by atoms with Crippen molar-refractivity contribution in [1.82, 2.24) is 0 Å². The number of anilines is 1. The lowest BCUT2D eigenvalue weighted by Crippen LogP contribution is -2.36. The summed E-state index contributed by atoms with van der Waals surface area (Å²) in [6.45, 7) is 3.54. The van der Waals surface area contributed by atoms with Crippen LogP contribution in [0.2, 0.25) is 0 Å². The van der Waals surface area contributed by atoms with Crippen molar-refractivity contribution in [3.05, 3.63) is 53.4 Å². The molecule has 2 aliphatic rings. The maximum atomic E-state index is 13.1. The van der Waals surface area contributed by atoms with Gasteiger partial charge in [-0.3, -0.25) is 9.59 Å². The Morgan fingerprint density at radius 2 is 1.77 bits per heavy atom. The molecule has 1 aromatic heterocycles. The molecule has 2 aliphatic carbocycles. The molecule has 1 fully saturated rings. The lowest BCUT2D eigenvalue weighted by molar-refractivity contribution is -0.146. The second-order valence-electron chi connectivity index (χ2n) is 8.00. The van der Waals surface area contributed by atoms with Crippen LogP contribution in [0.15, 0.2) is 47.9 Å². The van der Waals surface area contributed by atoms with Gasteiger partial charge in [-0.05, 0) is 37.7 Å². The van der Waals surface area contributed by atoms with Crippen LogP contribution >= 0.6 is 11.3 Å². The normalized spacial score (nSPS) is 24.2. The molecule has 2 N–H and O–H groups in total. The fourth-order valence-electron chi connectivity index (χ4n) is 4.47. The van der Waals surface area contributed by atoms with Gasteiger partial charge in [0.05, 0.1) is 17.9 Å². The van der Waals surface area contributed by atoms with Crippen LogP contribution in [0.25, 0.3) is 11.1 Å². The Balaban J connectivity index is 1.66. The Hall–Kier alpha value is -2.93. The maximum absolute atomic E-state index is 13.1. The summed E-state index contributed by atoms with van der Waals surface area (Å²) < 4.78 is 5.42. The molecule has 0 unspecified atom stereocenters. The van der Waals surface area contributed by atoms with E-state index in [1.807, 2.05) is 47.9 Å². The zero-order valence-electron chi connectivity index (χ0n) is 16.7. The number of esters is 1. The third-order valence-electron chi connectivity index (χ3n) is 5.71. The minimum Gasteiger partial charge on any atom is -0.481 e. The van der Waals surface area contributed by atoms with Crippen molar-refractivity contribution in [2.45, 2.75) is 26.4 Å². The number of hydrogen-bond acceptors (Lipinski definition) is 5. The first-order chi connectivity index (χ1) is 14.4. The summed E-state index contributed by atoms with van der Waals surface area (Å²) in [5, 5.41) is 14.7. The van der Waals surface area contributed by atoms with Gasteiger partial charge >= 0.3 is 11.9 Å². The van der Waals surface area contributed by atoms with Crippen molar-refractivity contribution in [2.24, 2.45) is 23.7 Å². The number of rotatable bonds is 6. The molecule has 0 spiro atoms. The number of aliphatic carboxylic acids is 1. The molecule has 0 aliphatic heterocycles. The minimum absolute atomic E-state index is 0.0873. The first-order valence-corrected chi connectivity index (χ1v) is 10.8. The summed E-state index contributed by atoms with van der Waals surface area (Å²) >= 11 is 1.24. The van der Waals surface area contributed by atoms with E-state index in [2.05, 4.69) is 5.32 Å². The van der Waals surface area contributed by atoms with Crippen LogP contribution in [0, 0.1) is 23.7 Å². The van der Waals surface area contributed by atoms with E-state index in [1.165, 1.54) is 11.3 Å². The molecule has 4 atom stereocenters. The van der Waals surface area contributed by atoms with Gasteiger partial charge in [0.15, 0.2) is 0 Å². The largest absolute Gasteiger partial charge is 0.481 e. The molecule has 2 bridgehead atoms. The zero-order valence-corrected chi connectivity index (χ0v) is 17.5. The quantitative estimate of drug-likeness (QED) is 0.527. The van der Waals surface area contributed by atoms with E-state index < -0.39 is 23.8 Å². The molecule has 1 amide bonds. The van der Waals surface area contributed by atoms with Crippen molar-refractivity contribution in [2.75, 3.05) is 5.32 Å². The lowest BCUT2D eigenvalue weighted by atomic mass is 9.82. The van der Waals surface area contributed by atoms with Gasteiger partial charge in [0.25, 0.3) is 0 Å². The number of ether oxygens (including phenoxy) is 1. The van der Waals surface area contributed by atoms with Crippen molar-refractivity contribution in [3.8, 4) is 11.1 Å². The molecule has 0 saturated heterocycles. The predicted molar refractivity (Wildman–Crippen MR) is 114 cm³/mol. The molecule has 0 radical (unpaired) electrons. The Morgan fingerprint density at radius 1 is 1.10 bits per heavy atom. The first kappa shape index (κ1) is 20.3. The van der Waals surface area contributed by atoms with Gasteiger partial charge in [0.2, 0.25) is 5.91 Å². The number of carboxylic acids is 1. The van der Waals surface area contributed by atoms with E-state index in [0.717, 1.165) is 5.56 Å². The summed E-state index contributed by atoms with van der Waals surface area (Å²) in [5.74, 6) is -3.41. The third-order valence-corrected chi connectivity index (χ3v) is 6.60. The van der Waals surface area contributed by atoms with Gasteiger partial charge < -0.3 is 15.2 Å². The summed E-state index contributed by atoms with van der Waals surface area (Å²) in [5.41, 5.74) is 1.83. The van der Waals surface area contributed by atoms with Gasteiger partial charge in [-0.1, -0.05) is 42.5 Å². The average molecular weight is 426 g/mol. The number of nitrogens with one attached hydrogen (secondary N) is 1. The highest BCUT2D eigenvalue weighted by Crippen LogP contribution is 2.49. The van der Waals surface area contributed by atoms with Gasteiger partial charge in [0, 0.05) is 10.9 Å². The smallest absolute Gasteiger partial charge is 0.342 e. The Labute approximate surface area is 178 Å². The third kappa shape index (κ3) is 3.65. The monoisotopic (exact) mass is 425 g/mol. The molecule has 30 heavy (non-hydrogen) atoms. The predicted octanol–water partition coefficient (Wildman–Crippen LogP) is 4.44. The Morgan fingerprint density at radius 3 is 2.40 bits per heavy atom. The van der Waals surface area contributed by atoms with Crippen molar-refractivity contribution < 1.29 is 24.2 Å². The van der Waals surface area contributed by atoms with Crippen LogP contribution in [0.1, 0.15) is 30.6 Å². The summed E-state index contributed by atoms with van der Waals surface area (Å²) in [6, 6.07) is 9.42. The molecule has 2 aromatic rings. The van der Waals surface area contributed by atoms with Crippen molar-refractivity contribution >= 4 is 34.2 Å². The Bertz CT molecular complexity index is 1010. The van der Waals surface area contributed by atoms with E-state index >= 15 is 0 Å². The van der Waals surface area contributed by atoms with Gasteiger partial charge in [-0.15, -0.1) is 11.3 Å².